The number of carbonyl (C=O) groups is 1. The Labute approximate surface area is 198 Å². The van der Waals surface area contributed by atoms with Crippen molar-refractivity contribution < 1.29 is 17.9 Å². The fourth-order valence-corrected chi connectivity index (χ4v) is 5.46. The minimum Gasteiger partial charge on any atom is -0.460 e. The molecule has 0 atom stereocenters. The molecule has 11 heteroatoms. The number of anilines is 1. The molecule has 1 aliphatic heterocycles. The number of nitrogens with one attached hydrogen (secondary N) is 1. The SMILES string of the molecule is N#Cc1ccc2c(c1)N(S(=O)(=O)c1cccc(-n3c(=O)[nH]c4ccccc4c3=O)c1)CCOC2=O. The summed E-state index contributed by atoms with van der Waals surface area (Å²) in [5, 5.41) is 9.54. The number of sulfonamides is 1. The summed E-state index contributed by atoms with van der Waals surface area (Å²) in [6, 6.07) is 17.9. The first-order valence-electron chi connectivity index (χ1n) is 10.4. The van der Waals surface area contributed by atoms with Crippen LogP contribution in [-0.2, 0) is 14.8 Å². The maximum Gasteiger partial charge on any atom is 0.340 e. The van der Waals surface area contributed by atoms with E-state index in [-0.39, 0.29) is 45.9 Å². The first-order chi connectivity index (χ1) is 16.8. The van der Waals surface area contributed by atoms with Gasteiger partial charge in [-0.25, -0.2) is 22.6 Å². The van der Waals surface area contributed by atoms with Crippen molar-refractivity contribution in [3.8, 4) is 11.8 Å². The van der Waals surface area contributed by atoms with Gasteiger partial charge in [0.25, 0.3) is 15.6 Å². The summed E-state index contributed by atoms with van der Waals surface area (Å²) in [5.74, 6) is -0.704. The van der Waals surface area contributed by atoms with Crippen molar-refractivity contribution in [2.45, 2.75) is 4.90 Å². The lowest BCUT2D eigenvalue weighted by atomic mass is 10.1. The van der Waals surface area contributed by atoms with Crippen LogP contribution in [0.1, 0.15) is 15.9 Å². The lowest BCUT2D eigenvalue weighted by Gasteiger charge is -2.23. The molecule has 1 aromatic heterocycles. The van der Waals surface area contributed by atoms with Crippen molar-refractivity contribution in [1.82, 2.24) is 9.55 Å². The second-order valence-electron chi connectivity index (χ2n) is 7.67. The van der Waals surface area contributed by atoms with Crippen LogP contribution in [0.15, 0.2) is 81.2 Å². The minimum atomic E-state index is -4.28. The fourth-order valence-electron chi connectivity index (χ4n) is 3.96. The molecule has 0 saturated carbocycles. The molecule has 1 N–H and O–H groups in total. The molecular weight excluding hydrogens is 472 g/mol. The van der Waals surface area contributed by atoms with Crippen LogP contribution in [0.25, 0.3) is 16.6 Å². The molecule has 3 aromatic carbocycles. The van der Waals surface area contributed by atoms with E-state index in [1.165, 1.54) is 42.5 Å². The lowest BCUT2D eigenvalue weighted by Crippen LogP contribution is -2.35. The van der Waals surface area contributed by atoms with Gasteiger partial charge >= 0.3 is 11.7 Å². The molecule has 0 spiro atoms. The van der Waals surface area contributed by atoms with E-state index in [9.17, 15) is 28.1 Å². The van der Waals surface area contributed by atoms with Crippen molar-refractivity contribution >= 4 is 32.6 Å². The Morgan fingerprint density at radius 2 is 1.77 bits per heavy atom. The Balaban J connectivity index is 1.67. The number of carbonyl (C=O) groups excluding carboxylic acids is 1. The maximum absolute atomic E-state index is 13.7. The number of benzene rings is 3. The molecule has 0 fully saturated rings. The number of rotatable bonds is 3. The highest BCUT2D eigenvalue weighted by Crippen LogP contribution is 2.31. The van der Waals surface area contributed by atoms with Crippen molar-refractivity contribution in [3.05, 3.63) is 98.7 Å². The van der Waals surface area contributed by atoms with Gasteiger partial charge in [0.1, 0.15) is 6.61 Å². The molecule has 2 heterocycles. The zero-order chi connectivity index (χ0) is 24.7. The molecule has 0 amide bonds. The fraction of sp³-hybridized carbons (Fsp3) is 0.0833. The molecule has 0 aliphatic carbocycles. The van der Waals surface area contributed by atoms with Gasteiger partial charge in [0.2, 0.25) is 0 Å². The summed E-state index contributed by atoms with van der Waals surface area (Å²) < 4.78 is 34.3. The van der Waals surface area contributed by atoms with E-state index in [2.05, 4.69) is 4.98 Å². The number of aromatic amines is 1. The van der Waals surface area contributed by atoms with Gasteiger partial charge in [0, 0.05) is 0 Å². The second-order valence-corrected chi connectivity index (χ2v) is 9.53. The van der Waals surface area contributed by atoms with E-state index in [1.54, 1.807) is 24.3 Å². The van der Waals surface area contributed by atoms with Gasteiger partial charge in [-0.1, -0.05) is 18.2 Å². The van der Waals surface area contributed by atoms with Gasteiger partial charge in [0.15, 0.2) is 0 Å². The smallest absolute Gasteiger partial charge is 0.340 e. The van der Waals surface area contributed by atoms with Gasteiger partial charge in [-0.3, -0.25) is 9.10 Å². The number of nitrogens with zero attached hydrogens (tertiary/aromatic N) is 3. The molecule has 5 rings (SSSR count). The molecule has 0 unspecified atom stereocenters. The van der Waals surface area contributed by atoms with E-state index < -0.39 is 27.2 Å². The van der Waals surface area contributed by atoms with E-state index in [1.807, 2.05) is 6.07 Å². The van der Waals surface area contributed by atoms with Crippen LogP contribution < -0.4 is 15.6 Å². The number of hydrogen-bond donors (Lipinski definition) is 1. The maximum atomic E-state index is 13.7. The summed E-state index contributed by atoms with van der Waals surface area (Å²) >= 11 is 0. The highest BCUT2D eigenvalue weighted by molar-refractivity contribution is 7.92. The third-order valence-corrected chi connectivity index (χ3v) is 7.42. The van der Waals surface area contributed by atoms with Gasteiger partial charge in [-0.15, -0.1) is 0 Å². The average molecular weight is 488 g/mol. The minimum absolute atomic E-state index is 0.00317. The lowest BCUT2D eigenvalue weighted by molar-refractivity contribution is 0.0527. The molecular formula is C24H16N4O6S. The van der Waals surface area contributed by atoms with E-state index >= 15 is 0 Å². The zero-order valence-electron chi connectivity index (χ0n) is 18.0. The van der Waals surface area contributed by atoms with Gasteiger partial charge < -0.3 is 9.72 Å². The standard InChI is InChI=1S/C24H16N4O6S/c25-14-15-8-9-19-21(12-15)27(10-11-34-23(19)30)35(32,33)17-5-3-4-16(13-17)28-22(29)18-6-1-2-7-20(18)26-24(28)31/h1-9,12-13H,10-11H2,(H,26,31). The van der Waals surface area contributed by atoms with Gasteiger partial charge in [-0.05, 0) is 48.5 Å². The molecule has 10 nitrogen and oxygen atoms in total. The first kappa shape index (κ1) is 22.1. The number of fused-ring (bicyclic) bond motifs is 2. The van der Waals surface area contributed by atoms with Crippen LogP contribution in [0.3, 0.4) is 0 Å². The van der Waals surface area contributed by atoms with Crippen molar-refractivity contribution in [1.29, 1.82) is 5.26 Å². The topological polar surface area (TPSA) is 142 Å². The predicted molar refractivity (Wildman–Crippen MR) is 126 cm³/mol. The Morgan fingerprint density at radius 1 is 0.971 bits per heavy atom. The average Bonchev–Trinajstić information content (AvgIpc) is 3.03. The van der Waals surface area contributed by atoms with Crippen LogP contribution in [0.4, 0.5) is 5.69 Å². The van der Waals surface area contributed by atoms with E-state index in [0.717, 1.165) is 8.87 Å². The van der Waals surface area contributed by atoms with Crippen LogP contribution in [0.2, 0.25) is 0 Å². The largest absolute Gasteiger partial charge is 0.460 e. The number of aromatic nitrogens is 2. The summed E-state index contributed by atoms with van der Waals surface area (Å²) in [7, 11) is -4.28. The van der Waals surface area contributed by atoms with Crippen molar-refractivity contribution in [2.24, 2.45) is 0 Å². The Morgan fingerprint density at radius 3 is 2.57 bits per heavy atom. The Kier molecular flexibility index (Phi) is 5.22. The molecule has 0 radical (unpaired) electrons. The summed E-state index contributed by atoms with van der Waals surface area (Å²) in [5.41, 5.74) is -0.724. The second kappa shape index (κ2) is 8.27. The summed E-state index contributed by atoms with van der Waals surface area (Å²) in [4.78, 5) is 40.5. The number of ether oxygens (including phenoxy) is 1. The molecule has 1 aliphatic rings. The van der Waals surface area contributed by atoms with E-state index in [4.69, 9.17) is 4.74 Å². The third kappa shape index (κ3) is 3.66. The zero-order valence-corrected chi connectivity index (χ0v) is 18.8. The van der Waals surface area contributed by atoms with Crippen LogP contribution in [0.5, 0.6) is 0 Å². The summed E-state index contributed by atoms with van der Waals surface area (Å²) in [6.07, 6.45) is 0. The van der Waals surface area contributed by atoms with Crippen LogP contribution >= 0.6 is 0 Å². The molecule has 0 saturated heterocycles. The van der Waals surface area contributed by atoms with Gasteiger partial charge in [-0.2, -0.15) is 5.26 Å². The number of H-pyrrole nitrogens is 1. The number of para-hydroxylation sites is 1. The van der Waals surface area contributed by atoms with Crippen molar-refractivity contribution in [3.63, 3.8) is 0 Å². The monoisotopic (exact) mass is 488 g/mol. The Bertz CT molecular complexity index is 1780. The molecule has 35 heavy (non-hydrogen) atoms. The predicted octanol–water partition coefficient (Wildman–Crippen LogP) is 1.92. The van der Waals surface area contributed by atoms with E-state index in [0.29, 0.717) is 5.52 Å². The summed E-state index contributed by atoms with van der Waals surface area (Å²) in [6.45, 7) is -0.380. The molecule has 174 valence electrons. The van der Waals surface area contributed by atoms with Crippen LogP contribution in [-0.4, -0.2) is 37.1 Å². The quantitative estimate of drug-likeness (QED) is 0.434. The van der Waals surface area contributed by atoms with Gasteiger partial charge in [0.05, 0.1) is 50.9 Å². The molecule has 0 bridgehead atoms. The third-order valence-electron chi connectivity index (χ3n) is 5.61. The highest BCUT2D eigenvalue weighted by atomic mass is 32.2. The highest BCUT2D eigenvalue weighted by Gasteiger charge is 2.32. The first-order valence-corrected chi connectivity index (χ1v) is 11.8. The number of nitriles is 1. The number of esters is 1. The number of hydrogen-bond acceptors (Lipinski definition) is 7. The molecule has 4 aromatic rings. The van der Waals surface area contributed by atoms with Crippen LogP contribution in [0, 0.1) is 11.3 Å². The Hall–Kier alpha value is -4.69. The number of cyclic esters (lactones) is 1. The van der Waals surface area contributed by atoms with Crippen molar-refractivity contribution in [2.75, 3.05) is 17.5 Å². The normalized spacial score (nSPS) is 13.6.